The molecule has 5 unspecified atom stereocenters. The highest BCUT2D eigenvalue weighted by molar-refractivity contribution is 7.26. The molecule has 0 amide bonds. The fraction of sp³-hybridized carbons (Fsp3) is 0.161. The Balaban J connectivity index is 1.15. The molecule has 0 saturated heterocycles. The van der Waals surface area contributed by atoms with Crippen molar-refractivity contribution >= 4 is 31.5 Å². The highest BCUT2D eigenvalue weighted by Gasteiger charge is 2.64. The number of hydrogen-bond acceptors (Lipinski definition) is 4. The Hall–Kier alpha value is -6.49. The first kappa shape index (κ1) is 35.5. The van der Waals surface area contributed by atoms with Gasteiger partial charge in [0.05, 0.1) is 5.41 Å². The van der Waals surface area contributed by atoms with Crippen LogP contribution in [-0.2, 0) is 16.2 Å². The molecule has 4 aliphatic rings. The van der Waals surface area contributed by atoms with E-state index in [1.165, 1.54) is 59.1 Å². The van der Waals surface area contributed by atoms with E-state index in [4.69, 9.17) is 15.0 Å². The molecule has 0 N–H and O–H groups in total. The van der Waals surface area contributed by atoms with Gasteiger partial charge < -0.3 is 0 Å². The number of rotatable bonds is 4. The summed E-state index contributed by atoms with van der Waals surface area (Å²) in [6, 6.07) is 53.1. The van der Waals surface area contributed by atoms with Crippen LogP contribution in [0.15, 0.2) is 194 Å². The van der Waals surface area contributed by atoms with E-state index >= 15 is 0 Å². The van der Waals surface area contributed by atoms with Crippen LogP contribution in [0.4, 0.5) is 0 Å². The third-order valence-electron chi connectivity index (χ3n) is 14.3. The van der Waals surface area contributed by atoms with Gasteiger partial charge in [0.2, 0.25) is 0 Å². The average Bonchev–Trinajstić information content (AvgIpc) is 3.83. The molecule has 0 saturated carbocycles. The predicted molar refractivity (Wildman–Crippen MR) is 248 cm³/mol. The molecule has 2 heterocycles. The van der Waals surface area contributed by atoms with E-state index in [2.05, 4.69) is 197 Å². The van der Waals surface area contributed by atoms with E-state index in [1.807, 2.05) is 23.5 Å². The molecule has 60 heavy (non-hydrogen) atoms. The molecule has 1 spiro atoms. The van der Waals surface area contributed by atoms with Gasteiger partial charge in [-0.3, -0.25) is 0 Å². The third-order valence-corrected chi connectivity index (χ3v) is 15.5. The maximum atomic E-state index is 5.46. The van der Waals surface area contributed by atoms with Gasteiger partial charge in [0.1, 0.15) is 5.82 Å². The van der Waals surface area contributed by atoms with Crippen LogP contribution in [0.25, 0.3) is 54.1 Å². The van der Waals surface area contributed by atoms with Crippen molar-refractivity contribution in [1.29, 1.82) is 0 Å². The van der Waals surface area contributed by atoms with Gasteiger partial charge in [-0.1, -0.05) is 196 Å². The first-order valence-corrected chi connectivity index (χ1v) is 22.0. The lowest BCUT2D eigenvalue weighted by atomic mass is 9.47. The van der Waals surface area contributed by atoms with Crippen molar-refractivity contribution in [3.8, 4) is 33.9 Å². The van der Waals surface area contributed by atoms with Crippen LogP contribution in [0.3, 0.4) is 0 Å². The van der Waals surface area contributed by atoms with Crippen LogP contribution in [0.2, 0.25) is 0 Å². The van der Waals surface area contributed by atoms with Crippen LogP contribution in [-0.4, -0.2) is 15.0 Å². The van der Waals surface area contributed by atoms with Gasteiger partial charge in [0.25, 0.3) is 0 Å². The molecule has 5 atom stereocenters. The van der Waals surface area contributed by atoms with Gasteiger partial charge in [-0.2, -0.15) is 0 Å². The summed E-state index contributed by atoms with van der Waals surface area (Å²) in [5.41, 5.74) is 10.4. The van der Waals surface area contributed by atoms with E-state index in [0.29, 0.717) is 17.6 Å². The lowest BCUT2D eigenvalue weighted by Crippen LogP contribution is -2.52. The van der Waals surface area contributed by atoms with Crippen molar-refractivity contribution in [2.75, 3.05) is 0 Å². The average molecular weight is 790 g/mol. The molecule has 2 aromatic heterocycles. The summed E-state index contributed by atoms with van der Waals surface area (Å²) in [6.45, 7) is 7.26. The van der Waals surface area contributed by atoms with Crippen LogP contribution in [0, 0.1) is 11.8 Å². The van der Waals surface area contributed by atoms with E-state index < -0.39 is 10.8 Å². The molecule has 12 rings (SSSR count). The van der Waals surface area contributed by atoms with Crippen molar-refractivity contribution < 1.29 is 0 Å². The normalized spacial score (nSPS) is 24.2. The van der Waals surface area contributed by atoms with Crippen molar-refractivity contribution in [2.24, 2.45) is 11.8 Å². The highest BCUT2D eigenvalue weighted by Crippen LogP contribution is 2.69. The Morgan fingerprint density at radius 1 is 0.533 bits per heavy atom. The number of allylic oxidation sites excluding steroid dienone is 8. The van der Waals surface area contributed by atoms with Crippen LogP contribution < -0.4 is 0 Å². The molecule has 288 valence electrons. The number of hydrogen-bond donors (Lipinski definition) is 0. The molecule has 0 radical (unpaired) electrons. The van der Waals surface area contributed by atoms with E-state index in [1.54, 1.807) is 0 Å². The summed E-state index contributed by atoms with van der Waals surface area (Å²) in [7, 11) is 0. The minimum absolute atomic E-state index is 0.0528. The minimum atomic E-state index is -0.619. The van der Waals surface area contributed by atoms with E-state index in [-0.39, 0.29) is 17.3 Å². The van der Waals surface area contributed by atoms with Gasteiger partial charge in [0, 0.05) is 48.5 Å². The van der Waals surface area contributed by atoms with E-state index in [9.17, 15) is 0 Å². The number of fused-ring (bicyclic) bond motifs is 12. The second-order valence-electron chi connectivity index (χ2n) is 17.7. The van der Waals surface area contributed by atoms with Gasteiger partial charge in [-0.15, -0.1) is 11.3 Å². The molecule has 3 nitrogen and oxygen atoms in total. The highest BCUT2D eigenvalue weighted by atomic mass is 32.1. The molecule has 0 fully saturated rings. The summed E-state index contributed by atoms with van der Waals surface area (Å²) in [5.74, 6) is 2.60. The number of aromatic nitrogens is 3. The minimum Gasteiger partial charge on any atom is -0.212 e. The van der Waals surface area contributed by atoms with Gasteiger partial charge in [-0.05, 0) is 63.3 Å². The Morgan fingerprint density at radius 2 is 1.18 bits per heavy atom. The zero-order chi connectivity index (χ0) is 40.2. The standard InChI is InChI=1S/C56H43N3S/c1-54(2)43-25-11-13-27-45(43)56(46-28-14-12-26-44(46)54)42-32-31-37(38-23-16-24-40-39-22-10-15-30-48(39)60-50(38)40)34-41(42)49-47(56)29-17-33-55(49,3)53-58-51(35-18-6-4-7-19-35)57-52(59-53)36-20-8-5-9-21-36/h4-34,43,45,49H,1-3H3. The van der Waals surface area contributed by atoms with Crippen LogP contribution >= 0.6 is 11.3 Å². The quantitative estimate of drug-likeness (QED) is 0.178. The lowest BCUT2D eigenvalue weighted by molar-refractivity contribution is 0.212. The van der Waals surface area contributed by atoms with Crippen molar-refractivity contribution in [2.45, 2.75) is 42.9 Å². The van der Waals surface area contributed by atoms with E-state index in [0.717, 1.165) is 17.0 Å². The fourth-order valence-corrected chi connectivity index (χ4v) is 12.8. The Bertz CT molecular complexity index is 3110. The Labute approximate surface area is 355 Å². The first-order valence-electron chi connectivity index (χ1n) is 21.1. The molecule has 8 aromatic rings. The summed E-state index contributed by atoms with van der Waals surface area (Å²) in [4.78, 5) is 16.1. The van der Waals surface area contributed by atoms with Crippen molar-refractivity contribution in [3.05, 3.63) is 222 Å². The van der Waals surface area contributed by atoms with Crippen LogP contribution in [0.1, 0.15) is 54.8 Å². The topological polar surface area (TPSA) is 38.7 Å². The maximum Gasteiger partial charge on any atom is 0.163 e. The van der Waals surface area contributed by atoms with Gasteiger partial charge in [-0.25, -0.2) is 15.0 Å². The Kier molecular flexibility index (Phi) is 7.68. The number of thiophene rings is 1. The van der Waals surface area contributed by atoms with Gasteiger partial charge >= 0.3 is 0 Å². The second-order valence-corrected chi connectivity index (χ2v) is 18.8. The third kappa shape index (κ3) is 4.86. The Morgan fingerprint density at radius 3 is 1.93 bits per heavy atom. The largest absolute Gasteiger partial charge is 0.212 e. The molecule has 4 heteroatoms. The number of benzene rings is 6. The monoisotopic (exact) mass is 789 g/mol. The fourth-order valence-electron chi connectivity index (χ4n) is 11.6. The zero-order valence-electron chi connectivity index (χ0n) is 33.9. The van der Waals surface area contributed by atoms with Crippen molar-refractivity contribution in [3.63, 3.8) is 0 Å². The van der Waals surface area contributed by atoms with Crippen molar-refractivity contribution in [1.82, 2.24) is 15.0 Å². The SMILES string of the molecule is CC1(C)c2ccccc2C2(C3=CC=CC(C)(c4nc(-c5ccccc5)nc(-c5ccccc5)n4)C3c3cc(-c4cccc5c4sc4ccccc45)ccc32)C2C=CC=CC21. The summed E-state index contributed by atoms with van der Waals surface area (Å²) in [6.07, 6.45) is 16.7. The molecular weight excluding hydrogens is 747 g/mol. The summed E-state index contributed by atoms with van der Waals surface area (Å²) < 4.78 is 2.65. The smallest absolute Gasteiger partial charge is 0.163 e. The molecule has 6 aromatic carbocycles. The van der Waals surface area contributed by atoms with Gasteiger partial charge in [0.15, 0.2) is 11.6 Å². The molecular formula is C56H43N3S. The zero-order valence-corrected chi connectivity index (χ0v) is 34.7. The lowest BCUT2D eigenvalue weighted by Gasteiger charge is -2.55. The maximum absolute atomic E-state index is 5.46. The summed E-state index contributed by atoms with van der Waals surface area (Å²) in [5, 5.41) is 2.63. The molecule has 0 bridgehead atoms. The predicted octanol–water partition coefficient (Wildman–Crippen LogP) is 13.7. The second kappa shape index (κ2) is 13.0. The number of nitrogens with zero attached hydrogens (tertiary/aromatic N) is 3. The summed E-state index contributed by atoms with van der Waals surface area (Å²) >= 11 is 1.90. The molecule has 4 aliphatic carbocycles. The first-order chi connectivity index (χ1) is 29.4. The van der Waals surface area contributed by atoms with Crippen LogP contribution in [0.5, 0.6) is 0 Å². The molecule has 0 aliphatic heterocycles.